The highest BCUT2D eigenvalue weighted by molar-refractivity contribution is 5.89. The summed E-state index contributed by atoms with van der Waals surface area (Å²) in [5.41, 5.74) is 14.4. The summed E-state index contributed by atoms with van der Waals surface area (Å²) in [5, 5.41) is 27.3. The summed E-state index contributed by atoms with van der Waals surface area (Å²) in [7, 11) is 0. The number of fused-ring (bicyclic) bond motifs is 1. The van der Waals surface area contributed by atoms with Crippen molar-refractivity contribution in [2.45, 2.75) is 63.6 Å². The van der Waals surface area contributed by atoms with Crippen molar-refractivity contribution >= 4 is 28.7 Å². The summed E-state index contributed by atoms with van der Waals surface area (Å²) in [5.74, 6) is 0.224. The van der Waals surface area contributed by atoms with Gasteiger partial charge in [-0.25, -0.2) is 19.7 Å². The van der Waals surface area contributed by atoms with Crippen LogP contribution in [0.2, 0.25) is 0 Å². The fourth-order valence-electron chi connectivity index (χ4n) is 4.76. The maximum atomic E-state index is 12.4. The molecule has 1 aromatic carbocycles. The van der Waals surface area contributed by atoms with E-state index in [-0.39, 0.29) is 17.3 Å². The highest BCUT2D eigenvalue weighted by Crippen LogP contribution is 2.32. The molecule has 13 heteroatoms. The van der Waals surface area contributed by atoms with Crippen LogP contribution in [0.25, 0.3) is 11.2 Å². The highest BCUT2D eigenvalue weighted by atomic mass is 16.6. The highest BCUT2D eigenvalue weighted by Gasteiger charge is 2.44. The Morgan fingerprint density at radius 1 is 1.10 bits per heavy atom. The van der Waals surface area contributed by atoms with Crippen molar-refractivity contribution in [3.8, 4) is 0 Å². The zero-order chi connectivity index (χ0) is 28.9. The van der Waals surface area contributed by atoms with Crippen molar-refractivity contribution in [2.24, 2.45) is 5.73 Å². The molecule has 0 unspecified atom stereocenters. The minimum Gasteiger partial charge on any atom is -0.387 e. The Kier molecular flexibility index (Phi) is 9.53. The van der Waals surface area contributed by atoms with E-state index in [0.29, 0.717) is 50.3 Å². The second kappa shape index (κ2) is 12.9. The molecule has 3 aromatic rings. The molecule has 0 aliphatic carbocycles. The van der Waals surface area contributed by atoms with E-state index in [1.807, 2.05) is 24.3 Å². The standard InChI is InChI=1S/C27H41N9O4/c1-27(2,3)17-6-8-18(9-7-17)34-26(39)30-11-5-13-35(12-4-10-28)14-19-21(37)22(38)25(40-19)36-16-33-20-23(29)31-15-32-24(20)36/h6-9,15-16,19,21-22,25,37-38H,4-5,10-14,28H2,1-3H3,(H2,29,31,32)(H2,30,34,39)/t19-,21+,22-,25-/m1/s1. The van der Waals surface area contributed by atoms with Gasteiger partial charge < -0.3 is 42.0 Å². The van der Waals surface area contributed by atoms with Gasteiger partial charge in [-0.1, -0.05) is 32.9 Å². The number of amides is 2. The molecular weight excluding hydrogens is 514 g/mol. The number of carbonyl (C=O) groups excluding carboxylic acids is 1. The second-order valence-electron chi connectivity index (χ2n) is 11.1. The zero-order valence-corrected chi connectivity index (χ0v) is 23.3. The molecule has 4 rings (SSSR count). The van der Waals surface area contributed by atoms with Gasteiger partial charge in [-0.3, -0.25) is 4.57 Å². The molecule has 1 fully saturated rings. The Labute approximate surface area is 233 Å². The monoisotopic (exact) mass is 555 g/mol. The largest absolute Gasteiger partial charge is 0.387 e. The first-order valence-corrected chi connectivity index (χ1v) is 13.6. The van der Waals surface area contributed by atoms with E-state index in [9.17, 15) is 15.0 Å². The Hall–Kier alpha value is -3.36. The van der Waals surface area contributed by atoms with Gasteiger partial charge in [-0.2, -0.15) is 0 Å². The lowest BCUT2D eigenvalue weighted by molar-refractivity contribution is -0.0442. The molecule has 0 saturated carbocycles. The number of imidazole rings is 1. The van der Waals surface area contributed by atoms with Crippen LogP contribution in [0.15, 0.2) is 36.9 Å². The molecule has 1 aliphatic heterocycles. The molecule has 2 amide bonds. The van der Waals surface area contributed by atoms with E-state index in [1.165, 1.54) is 18.2 Å². The van der Waals surface area contributed by atoms with E-state index in [4.69, 9.17) is 16.2 Å². The maximum absolute atomic E-state index is 12.4. The van der Waals surface area contributed by atoms with Crippen LogP contribution in [0.5, 0.6) is 0 Å². The maximum Gasteiger partial charge on any atom is 0.319 e. The Morgan fingerprint density at radius 2 is 1.82 bits per heavy atom. The Morgan fingerprint density at radius 3 is 2.52 bits per heavy atom. The Bertz CT molecular complexity index is 1260. The van der Waals surface area contributed by atoms with Crippen LogP contribution >= 0.6 is 0 Å². The summed E-state index contributed by atoms with van der Waals surface area (Å²) in [6.45, 7) is 9.13. The summed E-state index contributed by atoms with van der Waals surface area (Å²) in [4.78, 5) is 26.9. The average Bonchev–Trinajstić information content (AvgIpc) is 3.46. The lowest BCUT2D eigenvalue weighted by Crippen LogP contribution is -2.42. The van der Waals surface area contributed by atoms with Gasteiger partial charge >= 0.3 is 6.03 Å². The quantitative estimate of drug-likeness (QED) is 0.187. The van der Waals surface area contributed by atoms with E-state index in [2.05, 4.69) is 51.3 Å². The molecule has 0 radical (unpaired) electrons. The number of carbonyl (C=O) groups is 1. The number of nitrogens with two attached hydrogens (primary N) is 2. The topological polar surface area (TPSA) is 190 Å². The van der Waals surface area contributed by atoms with Gasteiger partial charge in [-0.15, -0.1) is 0 Å². The average molecular weight is 556 g/mol. The fraction of sp³-hybridized carbons (Fsp3) is 0.556. The fourth-order valence-corrected chi connectivity index (χ4v) is 4.76. The van der Waals surface area contributed by atoms with Crippen LogP contribution in [0.4, 0.5) is 16.3 Å². The van der Waals surface area contributed by atoms with Crippen molar-refractivity contribution in [2.75, 3.05) is 43.8 Å². The number of nitrogen functional groups attached to an aromatic ring is 1. The number of nitrogens with zero attached hydrogens (tertiary/aromatic N) is 5. The van der Waals surface area contributed by atoms with Crippen molar-refractivity contribution in [3.63, 3.8) is 0 Å². The summed E-state index contributed by atoms with van der Waals surface area (Å²) < 4.78 is 7.66. The molecule has 1 saturated heterocycles. The summed E-state index contributed by atoms with van der Waals surface area (Å²) in [6.07, 6.45) is 0.402. The molecular formula is C27H41N9O4. The van der Waals surface area contributed by atoms with Gasteiger partial charge in [0.25, 0.3) is 0 Å². The summed E-state index contributed by atoms with van der Waals surface area (Å²) in [6, 6.07) is 7.57. The van der Waals surface area contributed by atoms with E-state index >= 15 is 0 Å². The van der Waals surface area contributed by atoms with Gasteiger partial charge in [0.1, 0.15) is 30.2 Å². The molecule has 0 bridgehead atoms. The molecule has 4 atom stereocenters. The number of aromatic nitrogens is 4. The summed E-state index contributed by atoms with van der Waals surface area (Å²) >= 11 is 0. The molecule has 0 spiro atoms. The minimum absolute atomic E-state index is 0.0481. The number of nitrogens with one attached hydrogen (secondary N) is 2. The van der Waals surface area contributed by atoms with Crippen LogP contribution in [-0.4, -0.2) is 91.7 Å². The van der Waals surface area contributed by atoms with Gasteiger partial charge in [-0.05, 0) is 55.6 Å². The van der Waals surface area contributed by atoms with Crippen molar-refractivity contribution in [1.29, 1.82) is 0 Å². The smallest absolute Gasteiger partial charge is 0.319 e. The van der Waals surface area contributed by atoms with E-state index < -0.39 is 24.5 Å². The first-order valence-electron chi connectivity index (χ1n) is 13.6. The lowest BCUT2D eigenvalue weighted by Gasteiger charge is -2.26. The normalized spacial score (nSPS) is 21.3. The third-order valence-electron chi connectivity index (χ3n) is 7.06. The number of benzene rings is 1. The number of aliphatic hydroxyl groups is 2. The van der Waals surface area contributed by atoms with Crippen LogP contribution in [0, 0.1) is 0 Å². The SMILES string of the molecule is CC(C)(C)c1ccc(NC(=O)NCCCN(CCCN)C[C@H]2O[C@@H](n3cnc4c(N)ncnc43)[C@H](O)[C@H]2O)cc1. The molecule has 2 aromatic heterocycles. The third kappa shape index (κ3) is 7.04. The van der Waals surface area contributed by atoms with Gasteiger partial charge in [0, 0.05) is 18.8 Å². The van der Waals surface area contributed by atoms with Gasteiger partial charge in [0.2, 0.25) is 0 Å². The van der Waals surface area contributed by atoms with Crippen molar-refractivity contribution in [1.82, 2.24) is 29.7 Å². The lowest BCUT2D eigenvalue weighted by atomic mass is 9.87. The predicted molar refractivity (Wildman–Crippen MR) is 153 cm³/mol. The number of ether oxygens (including phenoxy) is 1. The van der Waals surface area contributed by atoms with E-state index in [0.717, 1.165) is 12.1 Å². The molecule has 40 heavy (non-hydrogen) atoms. The molecule has 13 nitrogen and oxygen atoms in total. The number of anilines is 2. The molecule has 1 aliphatic rings. The zero-order valence-electron chi connectivity index (χ0n) is 23.3. The predicted octanol–water partition coefficient (Wildman–Crippen LogP) is 1.19. The van der Waals surface area contributed by atoms with Crippen molar-refractivity contribution in [3.05, 3.63) is 42.5 Å². The molecule has 8 N–H and O–H groups in total. The second-order valence-corrected chi connectivity index (χ2v) is 11.1. The third-order valence-corrected chi connectivity index (χ3v) is 7.06. The van der Waals surface area contributed by atoms with E-state index in [1.54, 1.807) is 4.57 Å². The van der Waals surface area contributed by atoms with Crippen LogP contribution < -0.4 is 22.1 Å². The van der Waals surface area contributed by atoms with Gasteiger partial charge in [0.15, 0.2) is 17.7 Å². The minimum atomic E-state index is -1.18. The number of urea groups is 1. The van der Waals surface area contributed by atoms with Crippen LogP contribution in [0.3, 0.4) is 0 Å². The number of hydrogen-bond donors (Lipinski definition) is 6. The molecule has 3 heterocycles. The van der Waals surface area contributed by atoms with Crippen molar-refractivity contribution < 1.29 is 19.7 Å². The first-order chi connectivity index (χ1) is 19.1. The number of hydrogen-bond acceptors (Lipinski definition) is 10. The molecule has 218 valence electrons. The van der Waals surface area contributed by atoms with Crippen LogP contribution in [-0.2, 0) is 10.2 Å². The number of rotatable bonds is 11. The first kappa shape index (κ1) is 29.6. The number of aliphatic hydroxyl groups excluding tert-OH is 2. The van der Waals surface area contributed by atoms with Gasteiger partial charge in [0.05, 0.1) is 6.33 Å². The Balaban J connectivity index is 1.28. The van der Waals surface area contributed by atoms with Crippen LogP contribution in [0.1, 0.15) is 45.4 Å².